The third kappa shape index (κ3) is 6.61. The second kappa shape index (κ2) is 10.4. The summed E-state index contributed by atoms with van der Waals surface area (Å²) in [7, 11) is 1.72. The zero-order valence-corrected chi connectivity index (χ0v) is 17.6. The lowest BCUT2D eigenvalue weighted by Gasteiger charge is -2.29. The molecular weight excluding hydrogens is 389 g/mol. The number of carbonyl (C=O) groups excluding carboxylic acids is 1. The highest BCUT2D eigenvalue weighted by molar-refractivity contribution is 5.85. The van der Waals surface area contributed by atoms with Crippen molar-refractivity contribution in [1.29, 1.82) is 0 Å². The van der Waals surface area contributed by atoms with Gasteiger partial charge in [-0.05, 0) is 31.0 Å². The van der Waals surface area contributed by atoms with E-state index in [-0.39, 0.29) is 48.1 Å². The molecule has 0 aliphatic heterocycles. The Morgan fingerprint density at radius 3 is 2.37 bits per heavy atom. The third-order valence-corrected chi connectivity index (χ3v) is 4.15. The summed E-state index contributed by atoms with van der Waals surface area (Å²) in [5.74, 6) is 0.340. The zero-order chi connectivity index (χ0) is 18.6. The first-order valence-corrected chi connectivity index (χ1v) is 8.18. The van der Waals surface area contributed by atoms with Crippen molar-refractivity contribution in [2.75, 3.05) is 20.1 Å². The lowest BCUT2D eigenvalue weighted by Crippen LogP contribution is -2.41. The number of rotatable bonds is 6. The predicted octanol–water partition coefficient (Wildman–Crippen LogP) is 1.97. The monoisotopic (exact) mass is 415 g/mol. The van der Waals surface area contributed by atoms with Gasteiger partial charge in [-0.1, -0.05) is 13.8 Å². The summed E-state index contributed by atoms with van der Waals surface area (Å²) in [6.07, 6.45) is 3.29. The molecule has 0 fully saturated rings. The van der Waals surface area contributed by atoms with Crippen LogP contribution < -0.4 is 11.3 Å². The molecule has 0 saturated heterocycles. The molecular formula is C18H27Cl2N5O2. The highest BCUT2D eigenvalue weighted by Crippen LogP contribution is 2.16. The minimum absolute atomic E-state index is 0. The molecule has 0 spiro atoms. The summed E-state index contributed by atoms with van der Waals surface area (Å²) in [6.45, 7) is 6.75. The molecule has 2 heterocycles. The number of aromatic nitrogens is 3. The van der Waals surface area contributed by atoms with E-state index in [0.29, 0.717) is 30.2 Å². The Hall–Kier alpha value is -1.96. The van der Waals surface area contributed by atoms with Crippen molar-refractivity contribution in [1.82, 2.24) is 19.9 Å². The standard InChI is InChI=1S/C18H25N5O2.2ClH/c1-12-14(9-15(24)23(4)11-18(2,3)10-19)17(25)22-16(21-12)13-5-7-20-8-6-13;;/h5-8H,9-11,19H2,1-4H3,(H,21,22,25);2*1H. The largest absolute Gasteiger partial charge is 0.345 e. The molecule has 9 heteroatoms. The summed E-state index contributed by atoms with van der Waals surface area (Å²) in [4.78, 5) is 37.6. The van der Waals surface area contributed by atoms with E-state index in [9.17, 15) is 9.59 Å². The number of hydrogen-bond acceptors (Lipinski definition) is 5. The maximum Gasteiger partial charge on any atom is 0.255 e. The first-order valence-electron chi connectivity index (χ1n) is 8.18. The Bertz CT molecular complexity index is 809. The molecule has 1 amide bonds. The Morgan fingerprint density at radius 1 is 1.26 bits per heavy atom. The van der Waals surface area contributed by atoms with Crippen molar-refractivity contribution in [3.05, 3.63) is 46.1 Å². The molecule has 0 aromatic carbocycles. The van der Waals surface area contributed by atoms with Crippen LogP contribution in [0.1, 0.15) is 25.1 Å². The minimum Gasteiger partial charge on any atom is -0.345 e. The van der Waals surface area contributed by atoms with Crippen molar-refractivity contribution >= 4 is 30.7 Å². The second-order valence-corrected chi connectivity index (χ2v) is 7.01. The van der Waals surface area contributed by atoms with Crippen LogP contribution in [-0.4, -0.2) is 45.9 Å². The fraction of sp³-hybridized carbons (Fsp3) is 0.444. The molecule has 150 valence electrons. The van der Waals surface area contributed by atoms with Crippen molar-refractivity contribution < 1.29 is 4.79 Å². The Morgan fingerprint density at radius 2 is 1.85 bits per heavy atom. The van der Waals surface area contributed by atoms with E-state index >= 15 is 0 Å². The van der Waals surface area contributed by atoms with Crippen LogP contribution in [0, 0.1) is 12.3 Å². The van der Waals surface area contributed by atoms with Gasteiger partial charge in [-0.3, -0.25) is 14.6 Å². The predicted molar refractivity (Wildman–Crippen MR) is 111 cm³/mol. The summed E-state index contributed by atoms with van der Waals surface area (Å²) in [5, 5.41) is 0. The average molecular weight is 416 g/mol. The number of nitrogens with zero attached hydrogens (tertiary/aromatic N) is 3. The lowest BCUT2D eigenvalue weighted by atomic mass is 9.93. The Balaban J connectivity index is 0.00000338. The van der Waals surface area contributed by atoms with Gasteiger partial charge in [-0.15, -0.1) is 24.8 Å². The van der Waals surface area contributed by atoms with Crippen LogP contribution in [0.5, 0.6) is 0 Å². The van der Waals surface area contributed by atoms with Crippen LogP contribution in [0.25, 0.3) is 11.4 Å². The SMILES string of the molecule is Cc1nc(-c2ccncc2)[nH]c(=O)c1CC(=O)N(C)CC(C)(C)CN.Cl.Cl. The molecule has 2 aromatic rings. The van der Waals surface area contributed by atoms with E-state index in [1.807, 2.05) is 13.8 Å². The van der Waals surface area contributed by atoms with Crippen LogP contribution in [0.3, 0.4) is 0 Å². The number of hydrogen-bond donors (Lipinski definition) is 2. The van der Waals surface area contributed by atoms with Gasteiger partial charge < -0.3 is 15.6 Å². The third-order valence-electron chi connectivity index (χ3n) is 4.15. The number of likely N-dealkylation sites (N-methyl/N-ethyl adjacent to an activating group) is 1. The van der Waals surface area contributed by atoms with Gasteiger partial charge in [0.15, 0.2) is 0 Å². The molecule has 0 unspecified atom stereocenters. The van der Waals surface area contributed by atoms with Gasteiger partial charge in [0.25, 0.3) is 5.56 Å². The zero-order valence-electron chi connectivity index (χ0n) is 16.0. The van der Waals surface area contributed by atoms with E-state index in [4.69, 9.17) is 5.73 Å². The first kappa shape index (κ1) is 25.0. The lowest BCUT2D eigenvalue weighted by molar-refractivity contribution is -0.130. The van der Waals surface area contributed by atoms with Gasteiger partial charge in [0, 0.05) is 42.8 Å². The number of amides is 1. The highest BCUT2D eigenvalue weighted by Gasteiger charge is 2.22. The van der Waals surface area contributed by atoms with Crippen molar-refractivity contribution in [3.63, 3.8) is 0 Å². The smallest absolute Gasteiger partial charge is 0.255 e. The number of nitrogens with two attached hydrogens (primary N) is 1. The summed E-state index contributed by atoms with van der Waals surface area (Å²) < 4.78 is 0. The molecule has 0 saturated carbocycles. The minimum atomic E-state index is -0.292. The van der Waals surface area contributed by atoms with Crippen LogP contribution in [0.2, 0.25) is 0 Å². The molecule has 27 heavy (non-hydrogen) atoms. The second-order valence-electron chi connectivity index (χ2n) is 7.01. The topological polar surface area (TPSA) is 105 Å². The Kier molecular flexibility index (Phi) is 9.64. The van der Waals surface area contributed by atoms with E-state index in [0.717, 1.165) is 5.56 Å². The molecule has 0 atom stereocenters. The first-order chi connectivity index (χ1) is 11.7. The van der Waals surface area contributed by atoms with Gasteiger partial charge in [0.1, 0.15) is 5.82 Å². The number of carbonyl (C=O) groups is 1. The maximum absolute atomic E-state index is 12.5. The van der Waals surface area contributed by atoms with Crippen molar-refractivity contribution in [2.45, 2.75) is 27.2 Å². The fourth-order valence-corrected chi connectivity index (χ4v) is 2.55. The van der Waals surface area contributed by atoms with E-state index in [1.54, 1.807) is 43.4 Å². The Labute approximate surface area is 171 Å². The molecule has 2 rings (SSSR count). The molecule has 2 aromatic heterocycles. The number of halogens is 2. The molecule has 7 nitrogen and oxygen atoms in total. The van der Waals surface area contributed by atoms with E-state index < -0.39 is 0 Å². The molecule has 0 aliphatic carbocycles. The highest BCUT2D eigenvalue weighted by atomic mass is 35.5. The number of aromatic amines is 1. The van der Waals surface area contributed by atoms with Gasteiger partial charge in [-0.25, -0.2) is 4.98 Å². The van der Waals surface area contributed by atoms with Crippen LogP contribution >= 0.6 is 24.8 Å². The number of nitrogens with one attached hydrogen (secondary N) is 1. The van der Waals surface area contributed by atoms with Crippen LogP contribution in [0.4, 0.5) is 0 Å². The van der Waals surface area contributed by atoms with Crippen LogP contribution in [-0.2, 0) is 11.2 Å². The molecule has 0 bridgehead atoms. The van der Waals surface area contributed by atoms with Gasteiger partial charge in [-0.2, -0.15) is 0 Å². The molecule has 3 N–H and O–H groups in total. The number of pyridine rings is 1. The van der Waals surface area contributed by atoms with Crippen molar-refractivity contribution in [2.24, 2.45) is 11.1 Å². The van der Waals surface area contributed by atoms with Gasteiger partial charge in [0.05, 0.1) is 6.42 Å². The quantitative estimate of drug-likeness (QED) is 0.749. The maximum atomic E-state index is 12.5. The van der Waals surface area contributed by atoms with Gasteiger partial charge in [0.2, 0.25) is 5.91 Å². The fourth-order valence-electron chi connectivity index (χ4n) is 2.55. The van der Waals surface area contributed by atoms with Crippen molar-refractivity contribution in [3.8, 4) is 11.4 Å². The van der Waals surface area contributed by atoms with E-state index in [2.05, 4.69) is 15.0 Å². The average Bonchev–Trinajstić information content (AvgIpc) is 2.58. The summed E-state index contributed by atoms with van der Waals surface area (Å²) >= 11 is 0. The normalized spacial score (nSPS) is 10.6. The summed E-state index contributed by atoms with van der Waals surface area (Å²) in [6, 6.07) is 3.54. The van der Waals surface area contributed by atoms with E-state index in [1.165, 1.54) is 0 Å². The molecule has 0 aliphatic rings. The van der Waals surface area contributed by atoms with Crippen LogP contribution in [0.15, 0.2) is 29.3 Å². The summed E-state index contributed by atoms with van der Waals surface area (Å²) in [5.41, 5.74) is 6.97. The van der Waals surface area contributed by atoms with Gasteiger partial charge >= 0.3 is 0 Å². The molecule has 0 radical (unpaired) electrons. The number of H-pyrrole nitrogens is 1. The number of aryl methyl sites for hydroxylation is 1.